The summed E-state index contributed by atoms with van der Waals surface area (Å²) < 4.78 is 16.5. The number of ether oxygens (including phenoxy) is 2. The maximum atomic E-state index is 5.99. The molecule has 7 nitrogen and oxygen atoms in total. The molecule has 1 N–H and O–H groups in total. The molecule has 7 heteroatoms. The first-order valence-electron chi connectivity index (χ1n) is 8.21. The van der Waals surface area contributed by atoms with Crippen LogP contribution in [0.15, 0.2) is 53.4 Å². The van der Waals surface area contributed by atoms with Crippen molar-refractivity contribution in [3.8, 4) is 17.0 Å². The van der Waals surface area contributed by atoms with Gasteiger partial charge in [-0.1, -0.05) is 0 Å². The van der Waals surface area contributed by atoms with E-state index in [-0.39, 0.29) is 6.10 Å². The lowest BCUT2D eigenvalue weighted by Gasteiger charge is -2.23. The van der Waals surface area contributed by atoms with E-state index < -0.39 is 0 Å². The molecule has 4 rings (SSSR count). The van der Waals surface area contributed by atoms with Crippen LogP contribution in [0.1, 0.15) is 12.8 Å². The molecule has 0 saturated carbocycles. The Morgan fingerprint density at radius 2 is 1.84 bits per heavy atom. The molecule has 0 amide bonds. The number of anilines is 2. The van der Waals surface area contributed by atoms with E-state index in [0.29, 0.717) is 12.0 Å². The SMILES string of the molecule is c1cc(-c2ccc(OC3CCOCC3)cc2)nc(Nc2ncco2)n1. The number of aromatic nitrogens is 3. The van der Waals surface area contributed by atoms with Gasteiger partial charge in [-0.25, -0.2) is 15.0 Å². The summed E-state index contributed by atoms with van der Waals surface area (Å²) in [6.45, 7) is 1.54. The summed E-state index contributed by atoms with van der Waals surface area (Å²) >= 11 is 0. The predicted molar refractivity (Wildman–Crippen MR) is 91.7 cm³/mol. The number of oxazole rings is 1. The smallest absolute Gasteiger partial charge is 0.301 e. The molecule has 0 radical (unpaired) electrons. The van der Waals surface area contributed by atoms with E-state index >= 15 is 0 Å². The second-order valence-corrected chi connectivity index (χ2v) is 5.68. The van der Waals surface area contributed by atoms with Crippen LogP contribution in [0.25, 0.3) is 11.3 Å². The summed E-state index contributed by atoms with van der Waals surface area (Å²) in [5.41, 5.74) is 1.79. The molecule has 1 aliphatic heterocycles. The molecule has 0 aliphatic carbocycles. The van der Waals surface area contributed by atoms with Crippen molar-refractivity contribution in [2.75, 3.05) is 18.5 Å². The monoisotopic (exact) mass is 338 g/mol. The Balaban J connectivity index is 1.46. The summed E-state index contributed by atoms with van der Waals surface area (Å²) in [7, 11) is 0. The molecule has 3 heterocycles. The maximum absolute atomic E-state index is 5.99. The van der Waals surface area contributed by atoms with Crippen LogP contribution in [0.4, 0.5) is 12.0 Å². The average molecular weight is 338 g/mol. The number of benzene rings is 1. The molecule has 3 aromatic rings. The lowest BCUT2D eigenvalue weighted by Crippen LogP contribution is -2.25. The minimum absolute atomic E-state index is 0.232. The first-order valence-corrected chi connectivity index (χ1v) is 8.21. The fraction of sp³-hybridized carbons (Fsp3) is 0.278. The molecule has 2 aromatic heterocycles. The third kappa shape index (κ3) is 3.95. The topological polar surface area (TPSA) is 82.3 Å². The molecule has 1 aliphatic rings. The van der Waals surface area contributed by atoms with Gasteiger partial charge in [0.05, 0.1) is 25.1 Å². The third-order valence-corrected chi connectivity index (χ3v) is 3.93. The van der Waals surface area contributed by atoms with Crippen molar-refractivity contribution >= 4 is 12.0 Å². The van der Waals surface area contributed by atoms with Crippen molar-refractivity contribution in [3.05, 3.63) is 49.0 Å². The van der Waals surface area contributed by atoms with Gasteiger partial charge in [-0.3, -0.25) is 5.32 Å². The van der Waals surface area contributed by atoms with E-state index in [1.54, 1.807) is 12.4 Å². The quantitative estimate of drug-likeness (QED) is 0.763. The highest BCUT2D eigenvalue weighted by Gasteiger charge is 2.15. The van der Waals surface area contributed by atoms with Crippen molar-refractivity contribution in [3.63, 3.8) is 0 Å². The molecular weight excluding hydrogens is 320 g/mol. The van der Waals surface area contributed by atoms with E-state index in [1.807, 2.05) is 30.3 Å². The van der Waals surface area contributed by atoms with E-state index in [9.17, 15) is 0 Å². The zero-order valence-electron chi connectivity index (χ0n) is 13.6. The first-order chi connectivity index (χ1) is 12.4. The van der Waals surface area contributed by atoms with Crippen molar-refractivity contribution in [2.45, 2.75) is 18.9 Å². The standard InChI is InChI=1S/C18H18N4O3/c1-3-14(25-15-6-10-23-11-7-15)4-2-13(1)16-5-8-19-17(21-16)22-18-20-9-12-24-18/h1-5,8-9,12,15H,6-7,10-11H2,(H,19,20,21,22). The zero-order valence-corrected chi connectivity index (χ0v) is 13.6. The molecule has 0 unspecified atom stereocenters. The molecular formula is C18H18N4O3. The van der Waals surface area contributed by atoms with E-state index in [1.165, 1.54) is 6.26 Å². The minimum atomic E-state index is 0.232. The molecule has 0 atom stereocenters. The van der Waals surface area contributed by atoms with Crippen molar-refractivity contribution in [1.82, 2.24) is 15.0 Å². The van der Waals surface area contributed by atoms with Crippen LogP contribution in [0, 0.1) is 0 Å². The first kappa shape index (κ1) is 15.6. The number of nitrogens with one attached hydrogen (secondary N) is 1. The third-order valence-electron chi connectivity index (χ3n) is 3.93. The Morgan fingerprint density at radius 3 is 2.60 bits per heavy atom. The zero-order chi connectivity index (χ0) is 16.9. The second kappa shape index (κ2) is 7.31. The van der Waals surface area contributed by atoms with Gasteiger partial charge in [-0.2, -0.15) is 0 Å². The van der Waals surface area contributed by atoms with Crippen LogP contribution in [0.3, 0.4) is 0 Å². The molecule has 25 heavy (non-hydrogen) atoms. The fourth-order valence-corrected chi connectivity index (χ4v) is 2.65. The normalized spacial score (nSPS) is 15.0. The van der Waals surface area contributed by atoms with Crippen LogP contribution in [-0.4, -0.2) is 34.3 Å². The van der Waals surface area contributed by atoms with Gasteiger partial charge in [0.1, 0.15) is 18.1 Å². The summed E-state index contributed by atoms with van der Waals surface area (Å²) in [5.74, 6) is 1.30. The van der Waals surface area contributed by atoms with Crippen LogP contribution in [-0.2, 0) is 4.74 Å². The summed E-state index contributed by atoms with van der Waals surface area (Å²) in [6, 6.07) is 10.1. The molecule has 0 bridgehead atoms. The highest BCUT2D eigenvalue weighted by atomic mass is 16.5. The largest absolute Gasteiger partial charge is 0.490 e. The van der Waals surface area contributed by atoms with Crippen LogP contribution < -0.4 is 10.1 Å². The Hall–Kier alpha value is -2.93. The van der Waals surface area contributed by atoms with Gasteiger partial charge in [0.15, 0.2) is 0 Å². The van der Waals surface area contributed by atoms with Gasteiger partial charge in [-0.15, -0.1) is 0 Å². The van der Waals surface area contributed by atoms with Crippen molar-refractivity contribution < 1.29 is 13.9 Å². The average Bonchev–Trinajstić information content (AvgIpc) is 3.16. The summed E-state index contributed by atoms with van der Waals surface area (Å²) in [5, 5.41) is 2.92. The van der Waals surface area contributed by atoms with Crippen LogP contribution >= 0.6 is 0 Å². The van der Waals surface area contributed by atoms with Gasteiger partial charge in [0.25, 0.3) is 0 Å². The molecule has 1 saturated heterocycles. The second-order valence-electron chi connectivity index (χ2n) is 5.68. The van der Waals surface area contributed by atoms with Crippen molar-refractivity contribution in [2.24, 2.45) is 0 Å². The Morgan fingerprint density at radius 1 is 1.00 bits per heavy atom. The summed E-state index contributed by atoms with van der Waals surface area (Å²) in [4.78, 5) is 12.7. The van der Waals surface area contributed by atoms with Crippen molar-refractivity contribution in [1.29, 1.82) is 0 Å². The lowest BCUT2D eigenvalue weighted by atomic mass is 10.1. The minimum Gasteiger partial charge on any atom is -0.490 e. The van der Waals surface area contributed by atoms with Crippen LogP contribution in [0.2, 0.25) is 0 Å². The van der Waals surface area contributed by atoms with E-state index in [4.69, 9.17) is 13.9 Å². The number of rotatable bonds is 5. The van der Waals surface area contributed by atoms with E-state index in [0.717, 1.165) is 43.1 Å². The lowest BCUT2D eigenvalue weighted by molar-refractivity contribution is 0.0256. The van der Waals surface area contributed by atoms with Gasteiger partial charge < -0.3 is 13.9 Å². The summed E-state index contributed by atoms with van der Waals surface area (Å²) in [6.07, 6.45) is 6.84. The highest BCUT2D eigenvalue weighted by molar-refractivity contribution is 5.61. The number of nitrogens with zero attached hydrogens (tertiary/aromatic N) is 3. The molecule has 0 spiro atoms. The Kier molecular flexibility index (Phi) is 4.56. The Bertz CT molecular complexity index is 799. The van der Waals surface area contributed by atoms with Gasteiger partial charge in [-0.05, 0) is 30.3 Å². The molecule has 1 aromatic carbocycles. The highest BCUT2D eigenvalue weighted by Crippen LogP contribution is 2.24. The fourth-order valence-electron chi connectivity index (χ4n) is 2.65. The van der Waals surface area contributed by atoms with Gasteiger partial charge >= 0.3 is 6.01 Å². The van der Waals surface area contributed by atoms with Gasteiger partial charge in [0, 0.05) is 24.6 Å². The Labute approximate surface area is 145 Å². The molecule has 128 valence electrons. The number of hydrogen-bond donors (Lipinski definition) is 1. The van der Waals surface area contributed by atoms with Gasteiger partial charge in [0.2, 0.25) is 5.95 Å². The predicted octanol–water partition coefficient (Wildman–Crippen LogP) is 3.43. The maximum Gasteiger partial charge on any atom is 0.301 e. The molecule has 1 fully saturated rings. The number of hydrogen-bond acceptors (Lipinski definition) is 7. The van der Waals surface area contributed by atoms with E-state index in [2.05, 4.69) is 20.3 Å². The van der Waals surface area contributed by atoms with Crippen LogP contribution in [0.5, 0.6) is 5.75 Å².